The highest BCUT2D eigenvalue weighted by Gasteiger charge is 2.58. The lowest BCUT2D eigenvalue weighted by Gasteiger charge is -2.43. The lowest BCUT2D eigenvalue weighted by atomic mass is 9.58. The first kappa shape index (κ1) is 30.6. The topological polar surface area (TPSA) is 117 Å². The van der Waals surface area contributed by atoms with Gasteiger partial charge in [-0.05, 0) is 102 Å². The zero-order valence-corrected chi connectivity index (χ0v) is 26.1. The highest BCUT2D eigenvalue weighted by Crippen LogP contribution is 2.51. The molecule has 8 nitrogen and oxygen atoms in total. The third-order valence-corrected chi connectivity index (χ3v) is 10.2. The van der Waals surface area contributed by atoms with Crippen molar-refractivity contribution in [1.29, 1.82) is 0 Å². The van der Waals surface area contributed by atoms with E-state index >= 15 is 0 Å². The Morgan fingerprint density at radius 1 is 1.17 bits per heavy atom. The number of hydrogen-bond acceptors (Lipinski definition) is 7. The van der Waals surface area contributed by atoms with Crippen molar-refractivity contribution in [1.82, 2.24) is 4.90 Å². The van der Waals surface area contributed by atoms with Crippen LogP contribution in [0.4, 0.5) is 0 Å². The molecule has 2 amide bonds. The molecule has 4 atom stereocenters. The van der Waals surface area contributed by atoms with Crippen molar-refractivity contribution in [2.24, 2.45) is 17.8 Å². The molecule has 3 N–H and O–H groups in total. The Labute approximate surface area is 256 Å². The number of phenols is 1. The van der Waals surface area contributed by atoms with Crippen LogP contribution in [0.25, 0.3) is 6.08 Å². The van der Waals surface area contributed by atoms with Gasteiger partial charge < -0.3 is 24.6 Å². The number of benzene rings is 1. The molecule has 0 bridgehead atoms. The number of halogens is 1. The van der Waals surface area contributed by atoms with Crippen LogP contribution >= 0.6 is 22.6 Å². The Bertz CT molecular complexity index is 1230. The van der Waals surface area contributed by atoms with E-state index in [2.05, 4.69) is 35.6 Å². The number of aliphatic hydroxyl groups is 1. The summed E-state index contributed by atoms with van der Waals surface area (Å²) in [6, 6.07) is 3.71. The minimum Gasteiger partial charge on any atom is -0.504 e. The van der Waals surface area contributed by atoms with Gasteiger partial charge in [0.1, 0.15) is 0 Å². The summed E-state index contributed by atoms with van der Waals surface area (Å²) in [5, 5.41) is 31.5. The van der Waals surface area contributed by atoms with Crippen LogP contribution in [0.15, 0.2) is 28.9 Å². The summed E-state index contributed by atoms with van der Waals surface area (Å²) in [4.78, 5) is 29.0. The molecule has 1 aromatic rings. The predicted octanol–water partition coefficient (Wildman–Crippen LogP) is 5.09. The molecule has 2 aliphatic carbocycles. The Morgan fingerprint density at radius 3 is 2.61 bits per heavy atom. The van der Waals surface area contributed by atoms with E-state index in [4.69, 9.17) is 9.39 Å². The van der Waals surface area contributed by atoms with E-state index in [0.29, 0.717) is 28.6 Å². The summed E-state index contributed by atoms with van der Waals surface area (Å²) in [5.41, 5.74) is 3.84. The molecule has 1 saturated carbocycles. The maximum Gasteiger partial charge on any atom is 0.455 e. The van der Waals surface area contributed by atoms with E-state index in [1.54, 1.807) is 4.90 Å². The van der Waals surface area contributed by atoms with Crippen LogP contribution in [0.3, 0.4) is 0 Å². The number of rotatable bonds is 9. The van der Waals surface area contributed by atoms with Crippen molar-refractivity contribution in [2.75, 3.05) is 13.7 Å². The number of carbonyl (C=O) groups excluding carboxylic acids is 2. The lowest BCUT2D eigenvalue weighted by molar-refractivity contribution is -0.143. The number of methoxy groups -OCH3 is 1. The number of likely N-dealkylation sites (tertiary alicyclic amines) is 1. The maximum atomic E-state index is 13.8. The van der Waals surface area contributed by atoms with Crippen LogP contribution < -0.4 is 4.74 Å². The largest absolute Gasteiger partial charge is 0.504 e. The molecule has 2 heterocycles. The smallest absolute Gasteiger partial charge is 0.455 e. The number of aliphatic hydroxyl groups excluding tert-OH is 1. The van der Waals surface area contributed by atoms with E-state index in [9.17, 15) is 24.8 Å². The molecule has 4 aliphatic rings. The van der Waals surface area contributed by atoms with E-state index in [1.165, 1.54) is 12.7 Å². The Balaban J connectivity index is 1.40. The number of allylic oxidation sites excluding steroid dienone is 1. The lowest BCUT2D eigenvalue weighted by Crippen LogP contribution is -2.47. The fourth-order valence-corrected chi connectivity index (χ4v) is 8.23. The van der Waals surface area contributed by atoms with Crippen molar-refractivity contribution < 1.29 is 34.2 Å². The number of fused-ring (bicyclic) bond motifs is 3. The number of imide groups is 1. The quantitative estimate of drug-likeness (QED) is 0.144. The van der Waals surface area contributed by atoms with E-state index in [0.717, 1.165) is 61.7 Å². The minimum atomic E-state index is -1.03. The van der Waals surface area contributed by atoms with Gasteiger partial charge in [-0.2, -0.15) is 0 Å². The number of ether oxygens (including phenoxy) is 1. The van der Waals surface area contributed by atoms with Gasteiger partial charge in [0.15, 0.2) is 11.5 Å². The van der Waals surface area contributed by atoms with Gasteiger partial charge in [0, 0.05) is 6.04 Å². The molecule has 0 radical (unpaired) electrons. The Hall–Kier alpha value is -1.89. The van der Waals surface area contributed by atoms with Crippen LogP contribution in [0.2, 0.25) is 6.32 Å². The SMILES string of the molecule is CCC/C(=C\c1cc(I)c(O)c(OC)c1)CC[C@H]1OB(O)C[C@H]2C1=C(CO)C[C@H]1C(=O)N(C3CCCCC3)C(=O)[C@H]12. The first-order valence-corrected chi connectivity index (χ1v) is 16.1. The van der Waals surface area contributed by atoms with Crippen LogP contribution in [-0.2, 0) is 14.2 Å². The predicted molar refractivity (Wildman–Crippen MR) is 165 cm³/mol. The highest BCUT2D eigenvalue weighted by atomic mass is 127. The van der Waals surface area contributed by atoms with Gasteiger partial charge in [0.2, 0.25) is 11.8 Å². The normalized spacial score (nSPS) is 27.4. The molecule has 0 spiro atoms. The van der Waals surface area contributed by atoms with E-state index in [1.807, 2.05) is 12.1 Å². The maximum absolute atomic E-state index is 13.8. The van der Waals surface area contributed by atoms with Crippen LogP contribution in [-0.4, -0.2) is 64.9 Å². The number of aromatic hydroxyl groups is 1. The number of carbonyl (C=O) groups is 2. The van der Waals surface area contributed by atoms with Gasteiger partial charge in [0.05, 0.1) is 35.2 Å². The monoisotopic (exact) mass is 677 g/mol. The molecule has 41 heavy (non-hydrogen) atoms. The molecular formula is C31H41BINO7. The molecule has 10 heteroatoms. The van der Waals surface area contributed by atoms with Crippen molar-refractivity contribution in [3.63, 3.8) is 0 Å². The summed E-state index contributed by atoms with van der Waals surface area (Å²) in [7, 11) is 0.506. The van der Waals surface area contributed by atoms with Crippen molar-refractivity contribution >= 4 is 47.6 Å². The fraction of sp³-hybridized carbons (Fsp3) is 0.613. The average Bonchev–Trinajstić information content (AvgIpc) is 3.22. The highest BCUT2D eigenvalue weighted by molar-refractivity contribution is 14.1. The second-order valence-corrected chi connectivity index (χ2v) is 13.1. The summed E-state index contributed by atoms with van der Waals surface area (Å²) in [5.74, 6) is -0.909. The van der Waals surface area contributed by atoms with E-state index in [-0.39, 0.29) is 42.5 Å². The standard InChI is InChI=1S/C31H41BINO7/c1-3-7-18(12-19-13-24(33)29(36)26(14-19)40-2)10-11-25-27-20(17-35)15-22-28(23(27)16-32(39)41-25)31(38)34(30(22)37)21-8-5-4-6-9-21/h12-14,21-23,25,28,35-36,39H,3-11,15-17H2,1-2H3/b18-12+/t22-,23+,25-,28-/m1/s1. The Morgan fingerprint density at radius 2 is 1.93 bits per heavy atom. The molecule has 1 aromatic carbocycles. The van der Waals surface area contributed by atoms with Crippen molar-refractivity contribution in [3.05, 3.63) is 38.0 Å². The van der Waals surface area contributed by atoms with Gasteiger partial charge >= 0.3 is 7.12 Å². The third-order valence-electron chi connectivity index (χ3n) is 9.41. The molecule has 222 valence electrons. The van der Waals surface area contributed by atoms with E-state index < -0.39 is 25.1 Å². The van der Waals surface area contributed by atoms with Gasteiger partial charge in [-0.3, -0.25) is 14.5 Å². The molecule has 2 saturated heterocycles. The summed E-state index contributed by atoms with van der Waals surface area (Å²) < 4.78 is 12.1. The second-order valence-electron chi connectivity index (χ2n) is 12.0. The van der Waals surface area contributed by atoms with Crippen LogP contribution in [0.5, 0.6) is 11.5 Å². The van der Waals surface area contributed by atoms with Gasteiger partial charge in [-0.15, -0.1) is 0 Å². The number of nitrogens with zero attached hydrogens (tertiary/aromatic N) is 1. The van der Waals surface area contributed by atoms with Gasteiger partial charge in [0.25, 0.3) is 0 Å². The summed E-state index contributed by atoms with van der Waals surface area (Å²) in [6.07, 6.45) is 10.4. The molecule has 2 aliphatic heterocycles. The third kappa shape index (κ3) is 6.12. The number of amides is 2. The van der Waals surface area contributed by atoms with Crippen molar-refractivity contribution in [3.8, 4) is 11.5 Å². The zero-order valence-electron chi connectivity index (χ0n) is 24.0. The van der Waals surface area contributed by atoms with Crippen LogP contribution in [0.1, 0.15) is 76.7 Å². The minimum absolute atomic E-state index is 0.0285. The van der Waals surface area contributed by atoms with Gasteiger partial charge in [-0.1, -0.05) is 44.3 Å². The molecule has 5 rings (SSSR count). The van der Waals surface area contributed by atoms with Crippen LogP contribution in [0, 0.1) is 21.3 Å². The fourth-order valence-electron chi connectivity index (χ4n) is 7.61. The Kier molecular flexibility index (Phi) is 9.83. The molecule has 3 fully saturated rings. The summed E-state index contributed by atoms with van der Waals surface area (Å²) in [6.45, 7) is 1.94. The number of phenolic OH excluding ortho intramolecular Hbond substituents is 1. The zero-order chi connectivity index (χ0) is 29.3. The summed E-state index contributed by atoms with van der Waals surface area (Å²) >= 11 is 2.09. The molecule has 0 unspecified atom stereocenters. The first-order chi connectivity index (χ1) is 19.8. The number of hydrogen-bond donors (Lipinski definition) is 3. The first-order valence-electron chi connectivity index (χ1n) is 15.1. The molecule has 0 aromatic heterocycles. The second kappa shape index (κ2) is 13.2. The molecular weight excluding hydrogens is 636 g/mol. The van der Waals surface area contributed by atoms with Crippen molar-refractivity contribution in [2.45, 2.75) is 89.6 Å². The average molecular weight is 677 g/mol. The van der Waals surface area contributed by atoms with Gasteiger partial charge in [-0.25, -0.2) is 0 Å².